The van der Waals surface area contributed by atoms with Gasteiger partial charge in [-0.05, 0) is 46.0 Å². The summed E-state index contributed by atoms with van der Waals surface area (Å²) in [7, 11) is -4.67. The molecule has 38 heteroatoms. The predicted octanol–water partition coefficient (Wildman–Crippen LogP) is 4.79. The van der Waals surface area contributed by atoms with Crippen molar-refractivity contribution in [2.24, 2.45) is 0 Å². The van der Waals surface area contributed by atoms with E-state index in [1.165, 1.54) is 0 Å². The maximum atomic E-state index is 8.74. The fourth-order valence-corrected chi connectivity index (χ4v) is 16.5. The van der Waals surface area contributed by atoms with Gasteiger partial charge in [-0.1, -0.05) is 55.4 Å². The zero-order valence-corrected chi connectivity index (χ0v) is 65.4. The maximum absolute atomic E-state index is 8.74. The molecule has 536 valence electrons. The zero-order chi connectivity index (χ0) is 67.1. The Morgan fingerprint density at radius 1 is 0.209 bits per heavy atom. The van der Waals surface area contributed by atoms with E-state index in [1.807, 2.05) is 94.1 Å². The minimum atomic E-state index is -4.67. The lowest BCUT2D eigenvalue weighted by molar-refractivity contribution is -0.0193. The third kappa shape index (κ3) is 185. The first-order valence-corrected chi connectivity index (χ1v) is 46.9. The van der Waals surface area contributed by atoms with Gasteiger partial charge >= 0.3 is 10.4 Å². The van der Waals surface area contributed by atoms with Crippen LogP contribution >= 0.6 is 188 Å². The molecule has 0 rings (SSSR count). The first-order chi connectivity index (χ1) is 40.2. The molecule has 0 radical (unpaired) electrons. The average molecular weight is 1570 g/mol. The summed E-state index contributed by atoms with van der Waals surface area (Å²) < 4.78 is 31.6. The molecule has 0 atom stereocenters. The molecule has 0 aromatic carbocycles. The quantitative estimate of drug-likeness (QED) is 0.0221. The van der Waals surface area contributed by atoms with Gasteiger partial charge < -0.3 is 87.2 Å². The van der Waals surface area contributed by atoms with Gasteiger partial charge in [0.1, 0.15) is 0 Å². The maximum Gasteiger partial charge on any atom is 0.394 e. The molecule has 0 aliphatic rings. The van der Waals surface area contributed by atoms with Gasteiger partial charge in [0, 0.05) is 138 Å². The molecule has 0 heterocycles. The van der Waals surface area contributed by atoms with E-state index in [0.717, 1.165) is 138 Å². The smallest absolute Gasteiger partial charge is 0.394 e. The summed E-state index contributed by atoms with van der Waals surface area (Å²) in [5.74, 6) is 29.5. The largest absolute Gasteiger partial charge is 0.412 e. The Kier molecular flexibility index (Phi) is 135. The molecule has 0 aromatic heterocycles. The summed E-state index contributed by atoms with van der Waals surface area (Å²) in [6.07, 6.45) is -9.14. The van der Waals surface area contributed by atoms with Gasteiger partial charge in [0.25, 0.3) is 0 Å². The molecule has 0 saturated carbocycles. The molecule has 0 aliphatic carbocycles. The Hall–Kier alpha value is 4.79. The van der Waals surface area contributed by atoms with E-state index in [1.54, 1.807) is 94.1 Å². The Morgan fingerprint density at radius 3 is 0.337 bits per heavy atom. The highest BCUT2D eigenvalue weighted by atomic mass is 32.3. The van der Waals surface area contributed by atoms with Gasteiger partial charge in [-0.15, -0.1) is 0 Å². The molecule has 21 nitrogen and oxygen atoms in total. The van der Waals surface area contributed by atoms with Crippen molar-refractivity contribution < 1.29 is 105 Å². The second kappa shape index (κ2) is 103. The lowest BCUT2D eigenvalue weighted by atomic mass is 10.8. The summed E-state index contributed by atoms with van der Waals surface area (Å²) in [4.78, 5) is 0. The standard InChI is InChI=1S/8C6H14O2S2.H2O4S.H2O/c8*1-2-9-3-4-10-5-6(7)8;1-5(2,3)4;/h8*6-8H,2-5H2,1H3;(H2,1,2,3,4);1H2. The van der Waals surface area contributed by atoms with Gasteiger partial charge in [0.15, 0.2) is 50.3 Å². The van der Waals surface area contributed by atoms with Gasteiger partial charge in [0.05, 0.1) is 0 Å². The third-order valence-corrected chi connectivity index (χ3v) is 24.2. The van der Waals surface area contributed by atoms with E-state index < -0.39 is 60.7 Å². The minimum Gasteiger partial charge on any atom is -0.412 e. The Labute approximate surface area is 587 Å². The Bertz CT molecular complexity index is 978. The highest BCUT2D eigenvalue weighted by molar-refractivity contribution is 8.05. The summed E-state index contributed by atoms with van der Waals surface area (Å²) in [5.41, 5.74) is 0. The fourth-order valence-electron chi connectivity index (χ4n) is 3.61. The first kappa shape index (κ1) is 112. The molecule has 0 fully saturated rings. The van der Waals surface area contributed by atoms with Crippen LogP contribution in [0.1, 0.15) is 55.4 Å². The molecule has 0 amide bonds. The molecule has 0 aliphatic heterocycles. The first-order valence-electron chi connectivity index (χ1n) is 27.0. The van der Waals surface area contributed by atoms with Gasteiger partial charge in [-0.3, -0.25) is 9.11 Å². The number of thioether (sulfide) groups is 16. The van der Waals surface area contributed by atoms with Crippen LogP contribution in [-0.4, -0.2) is 339 Å². The van der Waals surface area contributed by atoms with Crippen LogP contribution in [0.3, 0.4) is 0 Å². The molecule has 20 N–H and O–H groups in total. The van der Waals surface area contributed by atoms with E-state index in [-0.39, 0.29) is 5.48 Å². The minimum absolute atomic E-state index is 0. The van der Waals surface area contributed by atoms with Crippen molar-refractivity contribution in [3.05, 3.63) is 0 Å². The predicted molar refractivity (Wildman–Crippen MR) is 406 cm³/mol. The lowest BCUT2D eigenvalue weighted by Crippen LogP contribution is -2.07. The van der Waals surface area contributed by atoms with Crippen LogP contribution in [0.5, 0.6) is 0 Å². The number of hydrogen-bond donors (Lipinski definition) is 18. The van der Waals surface area contributed by atoms with E-state index in [0.29, 0.717) is 46.0 Å². The molecule has 86 heavy (non-hydrogen) atoms. The molecule has 0 unspecified atom stereocenters. The summed E-state index contributed by atoms with van der Waals surface area (Å²) in [6, 6.07) is 0. The van der Waals surface area contributed by atoms with Crippen LogP contribution in [0.15, 0.2) is 0 Å². The molecular weight excluding hydrogens is 1460 g/mol. The van der Waals surface area contributed by atoms with Crippen molar-refractivity contribution in [3.63, 3.8) is 0 Å². The van der Waals surface area contributed by atoms with Crippen molar-refractivity contribution in [1.82, 2.24) is 0 Å². The highest BCUT2D eigenvalue weighted by Gasteiger charge is 2.01. The number of rotatable bonds is 48. The topological polar surface area (TPSA) is 430 Å². The molecule has 0 spiro atoms. The van der Waals surface area contributed by atoms with Gasteiger partial charge in [0.2, 0.25) is 0 Å². The second-order valence-electron chi connectivity index (χ2n) is 14.5. The molecule has 0 bridgehead atoms. The van der Waals surface area contributed by atoms with Crippen LogP contribution in [0, 0.1) is 0 Å². The van der Waals surface area contributed by atoms with Crippen LogP contribution in [0.4, 0.5) is 0 Å². The van der Waals surface area contributed by atoms with E-state index in [9.17, 15) is 0 Å². The lowest BCUT2D eigenvalue weighted by Gasteiger charge is -2.01. The second-order valence-corrected chi connectivity index (χ2v) is 35.7. The Balaban J connectivity index is -0.0000000947. The number of hydrogen-bond acceptors (Lipinski definition) is 34. The van der Waals surface area contributed by atoms with Crippen molar-refractivity contribution >= 4 is 199 Å². The van der Waals surface area contributed by atoms with Crippen LogP contribution in [0.25, 0.3) is 0 Å². The summed E-state index contributed by atoms with van der Waals surface area (Å²) >= 11 is 27.6. The van der Waals surface area contributed by atoms with Crippen LogP contribution < -0.4 is 0 Å². The number of aliphatic hydroxyl groups is 16. The van der Waals surface area contributed by atoms with Crippen molar-refractivity contribution in [3.8, 4) is 0 Å². The van der Waals surface area contributed by atoms with E-state index in [2.05, 4.69) is 55.4 Å². The van der Waals surface area contributed by atoms with Crippen LogP contribution in [-0.2, 0) is 10.4 Å². The molecule has 0 aromatic rings. The normalized spacial score (nSPS) is 10.7. The van der Waals surface area contributed by atoms with Crippen molar-refractivity contribution in [2.45, 2.75) is 106 Å². The summed E-state index contributed by atoms with van der Waals surface area (Å²) in [6.45, 7) is 17.0. The SMILES string of the molecule is CCSCCSCC(O)O.CCSCCSCC(O)O.CCSCCSCC(O)O.CCSCCSCC(O)O.CCSCCSCC(O)O.CCSCCSCC(O)O.CCSCCSCC(O)O.CCSCCSCC(O)O.O.O=S(=O)(O)O. The highest BCUT2D eigenvalue weighted by Crippen LogP contribution is 2.12. The Morgan fingerprint density at radius 2 is 0.279 bits per heavy atom. The van der Waals surface area contributed by atoms with Crippen molar-refractivity contribution in [2.75, 3.05) is 184 Å². The van der Waals surface area contributed by atoms with Gasteiger partial charge in [-0.2, -0.15) is 197 Å². The van der Waals surface area contributed by atoms with E-state index >= 15 is 0 Å². The van der Waals surface area contributed by atoms with E-state index in [4.69, 9.17) is 99.2 Å². The van der Waals surface area contributed by atoms with Gasteiger partial charge in [-0.25, -0.2) is 0 Å². The molecular formula is C48H116O21S17. The molecule has 0 saturated heterocycles. The van der Waals surface area contributed by atoms with Crippen LogP contribution in [0.2, 0.25) is 0 Å². The monoisotopic (exact) mass is 1570 g/mol. The fraction of sp³-hybridized carbons (Fsp3) is 1.00. The zero-order valence-electron chi connectivity index (χ0n) is 51.6. The third-order valence-electron chi connectivity index (χ3n) is 6.74. The van der Waals surface area contributed by atoms with Crippen molar-refractivity contribution in [1.29, 1.82) is 0 Å². The number of aliphatic hydroxyl groups excluding tert-OH is 8. The summed E-state index contributed by atoms with van der Waals surface area (Å²) in [5, 5.41) is 135. The average Bonchev–Trinajstić information content (AvgIpc) is 3.41.